The van der Waals surface area contributed by atoms with Gasteiger partial charge in [0.1, 0.15) is 0 Å². The number of rotatable bonds is 4. The fraction of sp³-hybridized carbons (Fsp3) is 0.625. The first kappa shape index (κ1) is 20.5. The minimum Gasteiger partial charge on any atom is -1.00 e. The maximum atomic E-state index is 9.95. The van der Waals surface area contributed by atoms with E-state index in [-0.39, 0.29) is 42.3 Å². The summed E-state index contributed by atoms with van der Waals surface area (Å²) < 4.78 is 28.0. The van der Waals surface area contributed by atoms with Crippen LogP contribution in [0.25, 0.3) is 0 Å². The van der Waals surface area contributed by atoms with E-state index < -0.39 is 16.1 Å². The Morgan fingerprint density at radius 3 is 1.87 bits per heavy atom. The number of carboxylic acids is 1. The van der Waals surface area contributed by atoms with E-state index in [1.807, 2.05) is 6.92 Å². The minimum atomic E-state index is -3.69. The molecular weight excluding hydrogens is 231 g/mol. The van der Waals surface area contributed by atoms with Gasteiger partial charge in [0.25, 0.3) is 10.1 Å². The summed E-state index contributed by atoms with van der Waals surface area (Å²) in [6, 6.07) is 0. The summed E-state index contributed by atoms with van der Waals surface area (Å²) >= 11 is 0. The number of unbranched alkanes of at least 4 members (excludes halogenated alkanes) is 1. The van der Waals surface area contributed by atoms with Crippen LogP contribution in [0, 0.1) is 0 Å². The summed E-state index contributed by atoms with van der Waals surface area (Å²) in [5.74, 6) is -1.04. The number of carboxylic acid groups (broad SMARTS) is 1. The first-order valence-corrected chi connectivity index (χ1v) is 5.65. The number of aliphatic carboxylic acids is 1. The molecular formula is C8H17NaO5S. The summed E-state index contributed by atoms with van der Waals surface area (Å²) in [5.41, 5.74) is 0.176. The van der Waals surface area contributed by atoms with Crippen molar-refractivity contribution in [3.8, 4) is 0 Å². The molecule has 0 amide bonds. The largest absolute Gasteiger partial charge is 1.00 e. The maximum Gasteiger partial charge on any atom is 1.00 e. The molecule has 0 spiro atoms. The van der Waals surface area contributed by atoms with Crippen molar-refractivity contribution >= 4 is 16.1 Å². The Kier molecular flexibility index (Phi) is 14.5. The molecule has 0 saturated carbocycles. The number of hydrogen-bond acceptors (Lipinski definition) is 3. The van der Waals surface area contributed by atoms with E-state index in [1.54, 1.807) is 0 Å². The Bertz CT molecular complexity index is 277. The zero-order valence-electron chi connectivity index (χ0n) is 10.4. The standard InChI is InChI=1S/C4H10O3S.C4H6O2.Na.H/c1-2-3-4-8(5,6)7;1-3(2)4(5)6;;/h2-4H2,1H3,(H,5,6,7);1H2,2H3,(H,5,6);;/q;;+1;-1. The summed E-state index contributed by atoms with van der Waals surface area (Å²) in [7, 11) is -3.69. The van der Waals surface area contributed by atoms with Gasteiger partial charge in [-0.1, -0.05) is 19.9 Å². The van der Waals surface area contributed by atoms with E-state index >= 15 is 0 Å². The van der Waals surface area contributed by atoms with E-state index in [0.29, 0.717) is 6.42 Å². The molecule has 0 saturated heterocycles. The summed E-state index contributed by atoms with van der Waals surface area (Å²) in [5, 5.41) is 7.89. The fourth-order valence-electron chi connectivity index (χ4n) is 0.327. The molecule has 0 radical (unpaired) electrons. The van der Waals surface area contributed by atoms with Crippen LogP contribution in [0.2, 0.25) is 0 Å². The van der Waals surface area contributed by atoms with Crippen molar-refractivity contribution in [2.45, 2.75) is 26.7 Å². The monoisotopic (exact) mass is 248 g/mol. The Morgan fingerprint density at radius 1 is 1.47 bits per heavy atom. The number of hydrogen-bond donors (Lipinski definition) is 2. The molecule has 15 heavy (non-hydrogen) atoms. The number of carbonyl (C=O) groups is 1. The molecule has 0 fully saturated rings. The van der Waals surface area contributed by atoms with Crippen LogP contribution < -0.4 is 29.6 Å². The first-order valence-electron chi connectivity index (χ1n) is 4.04. The average Bonchev–Trinajstić information content (AvgIpc) is 2.00. The molecule has 0 aliphatic rings. The van der Waals surface area contributed by atoms with E-state index in [9.17, 15) is 13.2 Å². The third kappa shape index (κ3) is 24.9. The second-order valence-corrected chi connectivity index (χ2v) is 4.30. The molecule has 0 rings (SSSR count). The van der Waals surface area contributed by atoms with Gasteiger partial charge < -0.3 is 6.53 Å². The molecule has 7 heteroatoms. The van der Waals surface area contributed by atoms with Gasteiger partial charge in [-0.25, -0.2) is 4.79 Å². The Morgan fingerprint density at radius 2 is 1.80 bits per heavy atom. The Labute approximate surface area is 114 Å². The van der Waals surface area contributed by atoms with Crippen LogP contribution >= 0.6 is 0 Å². The molecule has 0 aromatic carbocycles. The molecule has 2 N–H and O–H groups in total. The first-order chi connectivity index (χ1) is 6.20. The van der Waals surface area contributed by atoms with Crippen molar-refractivity contribution in [2.75, 3.05) is 5.75 Å². The molecule has 0 aliphatic carbocycles. The van der Waals surface area contributed by atoms with Crippen LogP contribution in [0.1, 0.15) is 28.1 Å². The quantitative estimate of drug-likeness (QED) is 0.356. The molecule has 0 unspecified atom stereocenters. The maximum absolute atomic E-state index is 9.95. The van der Waals surface area contributed by atoms with Crippen molar-refractivity contribution in [3.63, 3.8) is 0 Å². The van der Waals surface area contributed by atoms with Crippen LogP contribution in [0.5, 0.6) is 0 Å². The molecule has 0 aliphatic heterocycles. The van der Waals surface area contributed by atoms with Gasteiger partial charge in [0.15, 0.2) is 0 Å². The normalized spacial score (nSPS) is 9.27. The van der Waals surface area contributed by atoms with Crippen molar-refractivity contribution in [1.29, 1.82) is 0 Å². The molecule has 0 aromatic heterocycles. The topological polar surface area (TPSA) is 91.7 Å². The molecule has 0 bridgehead atoms. The molecule has 0 aromatic rings. The predicted molar refractivity (Wildman–Crippen MR) is 54.9 cm³/mol. The third-order valence-corrected chi connectivity index (χ3v) is 1.93. The van der Waals surface area contributed by atoms with Gasteiger partial charge in [-0.05, 0) is 13.3 Å². The smallest absolute Gasteiger partial charge is 1.00 e. The minimum absolute atomic E-state index is 0. The Balaban J connectivity index is -0.0000000825. The second kappa shape index (κ2) is 10.6. The van der Waals surface area contributed by atoms with E-state index in [1.165, 1.54) is 6.92 Å². The van der Waals surface area contributed by atoms with Gasteiger partial charge in [-0.3, -0.25) is 4.55 Å². The van der Waals surface area contributed by atoms with Crippen LogP contribution in [0.4, 0.5) is 0 Å². The second-order valence-electron chi connectivity index (χ2n) is 2.73. The van der Waals surface area contributed by atoms with E-state index in [0.717, 1.165) is 6.42 Å². The molecule has 5 nitrogen and oxygen atoms in total. The summed E-state index contributed by atoms with van der Waals surface area (Å²) in [4.78, 5) is 9.60. The van der Waals surface area contributed by atoms with E-state index in [4.69, 9.17) is 9.66 Å². The van der Waals surface area contributed by atoms with Crippen molar-refractivity contribution in [2.24, 2.45) is 0 Å². The van der Waals surface area contributed by atoms with Crippen LogP contribution in [0.15, 0.2) is 12.2 Å². The van der Waals surface area contributed by atoms with Gasteiger partial charge in [0.05, 0.1) is 5.75 Å². The van der Waals surface area contributed by atoms with E-state index in [2.05, 4.69) is 6.58 Å². The van der Waals surface area contributed by atoms with Gasteiger partial charge >= 0.3 is 35.5 Å². The van der Waals surface area contributed by atoms with Crippen molar-refractivity contribution < 1.29 is 53.9 Å². The van der Waals surface area contributed by atoms with Crippen LogP contribution in [-0.4, -0.2) is 29.8 Å². The zero-order chi connectivity index (χ0) is 11.8. The third-order valence-electron chi connectivity index (χ3n) is 1.12. The van der Waals surface area contributed by atoms with Gasteiger partial charge in [0, 0.05) is 5.57 Å². The SMILES string of the molecule is C=C(C)C(=O)O.CCCCS(=O)(=O)O.[H-].[Na+]. The Hall–Kier alpha value is 0.120. The molecule has 0 heterocycles. The molecule has 0 atom stereocenters. The predicted octanol–water partition coefficient (Wildman–Crippen LogP) is -1.56. The van der Waals surface area contributed by atoms with Gasteiger partial charge in [-0.2, -0.15) is 8.42 Å². The average molecular weight is 248 g/mol. The zero-order valence-corrected chi connectivity index (χ0v) is 12.2. The van der Waals surface area contributed by atoms with Crippen molar-refractivity contribution in [1.82, 2.24) is 0 Å². The summed E-state index contributed by atoms with van der Waals surface area (Å²) in [6.07, 6.45) is 1.33. The van der Waals surface area contributed by atoms with Crippen LogP contribution in [-0.2, 0) is 14.9 Å². The van der Waals surface area contributed by atoms with Gasteiger partial charge in [0.2, 0.25) is 0 Å². The fourth-order valence-corrected chi connectivity index (χ4v) is 0.980. The summed E-state index contributed by atoms with van der Waals surface area (Å²) in [6.45, 7) is 6.47. The van der Waals surface area contributed by atoms with Crippen molar-refractivity contribution in [3.05, 3.63) is 12.2 Å². The van der Waals surface area contributed by atoms with Gasteiger partial charge in [-0.15, -0.1) is 0 Å². The molecule has 86 valence electrons. The van der Waals surface area contributed by atoms with Crippen LogP contribution in [0.3, 0.4) is 0 Å².